The minimum atomic E-state index is -5.31. The summed E-state index contributed by atoms with van der Waals surface area (Å²) >= 11 is 0. The van der Waals surface area contributed by atoms with Gasteiger partial charge in [0.1, 0.15) is 36.9 Å². The molecule has 12 rings (SSSR count). The van der Waals surface area contributed by atoms with Crippen molar-refractivity contribution in [2.45, 2.75) is 127 Å². The molecule has 4 aliphatic rings. The van der Waals surface area contributed by atoms with Crippen LogP contribution in [0, 0.1) is 24.4 Å². The molecular weight excluding hydrogens is 1710 g/mol. The number of rotatable bonds is 21. The van der Waals surface area contributed by atoms with Crippen molar-refractivity contribution < 1.29 is 243 Å². The molecule has 8 aromatic rings. The number of nitrogens with zero attached hydrogens (tertiary/aromatic N) is 7. The molecule has 3 saturated heterocycles. The first-order valence-corrected chi connectivity index (χ1v) is 37.4. The zero-order valence-corrected chi connectivity index (χ0v) is 70.6. The van der Waals surface area contributed by atoms with Gasteiger partial charge in [0.2, 0.25) is 0 Å². The van der Waals surface area contributed by atoms with Crippen molar-refractivity contribution in [2.24, 2.45) is 4.99 Å². The molecule has 6 aromatic carbocycles. The fraction of sp³-hybridized carbons (Fsp3) is 0.380. The Morgan fingerprint density at radius 1 is 0.534 bits per heavy atom. The molecule has 2 aromatic heterocycles. The second-order valence-electron chi connectivity index (χ2n) is 26.5. The van der Waals surface area contributed by atoms with Crippen LogP contribution in [0.15, 0.2) is 156 Å². The van der Waals surface area contributed by atoms with Gasteiger partial charge in [-0.2, -0.15) is 75.7 Å². The van der Waals surface area contributed by atoms with Crippen LogP contribution in [0.25, 0.3) is 0 Å². The molecule has 4 aliphatic heterocycles. The smallest absolute Gasteiger partial charge is 0.780 e. The molecule has 0 spiro atoms. The van der Waals surface area contributed by atoms with Crippen LogP contribution in [0.1, 0.15) is 135 Å². The number of phosphoric acid groups is 1. The van der Waals surface area contributed by atoms with E-state index in [2.05, 4.69) is 46.7 Å². The minimum absolute atomic E-state index is 0. The van der Waals surface area contributed by atoms with E-state index in [0.29, 0.717) is 75.6 Å². The standard InChI is InChI=1S/C24H24F7N4O5P.C24H26F4N3O6P.C23H21F7N4O3.2K/c1-13(16-9-17(23(26,27)28)11-18(10-16)24(29,30)31)40-22-21(15-3-5-19(25)6-4-15)34(7-8-39-22)12-20-32-14(2)35(33-20)41(36,37)38;1-14-9-17(11-18(10-14)24(26,27)28)15(2)36-22-21(16-3-5-19(25)6-4-16)31(7-8-35-22)13-20-12-29-23(30-20)37-38(32,33)34;1-12(14-8-15(22(25,26)27)10-16(9-14)23(28,29)30)37-20-19(13-2-4-17(24)5-3-13)34(6-7-36-20)11-18-31-21(35)33-32-18;;/h3-6,9-11,13,21-22H,2,7-8,12H2,1H3,(H,32,33)(H2,36,37,38);3-6,9-12,15,21-22H,7-8,13H2,1-2H3,(H,29,30)(H2,32,33,34);2-5,8-10,12,19-20H,6-7,11H2,1H3,(H2,31,32,33,35);;/q;;;2*+1/p-2/t13-,21+,22-;15-,21+,22-;12-,19+,20-;;/m111../s1. The average molecular weight is 1780 g/mol. The number of phosphoric ester groups is 1. The molecule has 0 unspecified atom stereocenters. The van der Waals surface area contributed by atoms with Crippen LogP contribution in [0.4, 0.5) is 79.0 Å². The number of H-pyrrole nitrogens is 3. The second-order valence-corrected chi connectivity index (χ2v) is 29.1. The van der Waals surface area contributed by atoms with E-state index >= 15 is 0 Å². The monoisotopic (exact) mass is 1780 g/mol. The summed E-state index contributed by atoms with van der Waals surface area (Å²) in [5.41, 5.74) is -2.86. The SMILES string of the molecule is C=C1N=C(CN2CCO[C@H](O[C@H](C)c3cc(C(F)(F)F)cc(C(F)(F)F)c3)[C@@H]2c2ccc(F)cc2)NN1P(=O)(O)O.C[C@@H](O[C@H]1OCCN(Cc2n[nH]c(=O)[nH]2)[C@H]1c1ccc(F)cc1)c1cc(C(F)(F)F)cc(C(F)(F)F)c1.Cc1cc([C@@H](C)O[C@H]2OCCN(Cc3cnc(OP(=O)([O-])[O-])[nH]3)[C@H]2c2ccc(F)cc2)cc(C(F)(F)F)c1.[K+].[K+]. The number of benzene rings is 6. The van der Waals surface area contributed by atoms with Crippen molar-refractivity contribution in [3.63, 3.8) is 0 Å². The molecule has 118 heavy (non-hydrogen) atoms. The van der Waals surface area contributed by atoms with E-state index in [-0.39, 0.29) is 184 Å². The van der Waals surface area contributed by atoms with E-state index in [1.165, 1.54) is 68.6 Å². The summed E-state index contributed by atoms with van der Waals surface area (Å²) in [5, 5.41) is 6.10. The fourth-order valence-electron chi connectivity index (χ4n) is 12.8. The normalized spacial score (nSPS) is 20.2. The van der Waals surface area contributed by atoms with Gasteiger partial charge in [-0.15, -0.1) is 0 Å². The molecule has 0 bridgehead atoms. The van der Waals surface area contributed by atoms with E-state index < -0.39 is 164 Å². The van der Waals surface area contributed by atoms with Gasteiger partial charge in [-0.3, -0.25) is 25.1 Å². The number of aromatic nitrogens is 5. The minimum Gasteiger partial charge on any atom is -0.780 e. The van der Waals surface area contributed by atoms with Crippen molar-refractivity contribution >= 4 is 21.4 Å². The number of aromatic amines is 3. The number of hydrogen-bond acceptors (Lipinski definition) is 19. The molecular formula is C71H69F18K2N11O14P2. The van der Waals surface area contributed by atoms with Crippen molar-refractivity contribution in [2.75, 3.05) is 46.0 Å². The Morgan fingerprint density at radius 2 is 0.881 bits per heavy atom. The van der Waals surface area contributed by atoms with Crippen molar-refractivity contribution in [1.82, 2.24) is 50.1 Å². The number of ether oxygens (including phenoxy) is 6. The van der Waals surface area contributed by atoms with Gasteiger partial charge < -0.3 is 62.1 Å². The Hall–Kier alpha value is -5.77. The van der Waals surface area contributed by atoms with Crippen LogP contribution in [-0.4, -0.2) is 125 Å². The summed E-state index contributed by atoms with van der Waals surface area (Å²) in [6.07, 6.45) is -30.1. The Bertz CT molecular complexity index is 4840. The number of halogens is 18. The number of hydrogen-bond donors (Lipinski definition) is 6. The average Bonchev–Trinajstić information content (AvgIpc) is 0.948. The van der Waals surface area contributed by atoms with E-state index in [0.717, 1.165) is 24.3 Å². The van der Waals surface area contributed by atoms with Crippen molar-refractivity contribution in [1.29, 1.82) is 0 Å². The zero-order chi connectivity index (χ0) is 84.9. The molecule has 0 radical (unpaired) electrons. The maximum atomic E-state index is 13.7. The van der Waals surface area contributed by atoms with E-state index in [1.54, 1.807) is 41.8 Å². The number of alkyl halides is 15. The van der Waals surface area contributed by atoms with Crippen LogP contribution in [-0.2, 0) is 81.5 Å². The molecule has 0 amide bonds. The first-order chi connectivity index (χ1) is 54.0. The van der Waals surface area contributed by atoms with Crippen molar-refractivity contribution in [3.05, 3.63) is 252 Å². The quantitative estimate of drug-likeness (QED) is 0.0227. The Balaban J connectivity index is 0.000000219. The Morgan fingerprint density at radius 3 is 1.21 bits per heavy atom. The van der Waals surface area contributed by atoms with Crippen LogP contribution in [0.2, 0.25) is 0 Å². The third kappa shape index (κ3) is 26.9. The molecule has 0 saturated carbocycles. The van der Waals surface area contributed by atoms with E-state index in [9.17, 15) is 113 Å². The van der Waals surface area contributed by atoms with E-state index in [1.807, 2.05) is 4.90 Å². The summed E-state index contributed by atoms with van der Waals surface area (Å²) in [5.74, 6) is -1.45. The number of aryl methyl sites for hydroxylation is 1. The van der Waals surface area contributed by atoms with Gasteiger partial charge in [-0.1, -0.05) is 54.6 Å². The number of hydrazine groups is 1. The van der Waals surface area contributed by atoms with Gasteiger partial charge in [-0.25, -0.2) is 37.6 Å². The molecule has 6 heterocycles. The molecule has 0 aliphatic carbocycles. The third-order valence-corrected chi connectivity index (χ3v) is 19.3. The first-order valence-electron chi connectivity index (χ1n) is 34.4. The topological polar surface area (TPSA) is 313 Å². The van der Waals surface area contributed by atoms with Gasteiger partial charge >= 0.3 is 147 Å². The van der Waals surface area contributed by atoms with E-state index in [4.69, 9.17) is 28.4 Å². The summed E-state index contributed by atoms with van der Waals surface area (Å²) in [4.78, 5) is 70.4. The fourth-order valence-corrected chi connectivity index (χ4v) is 13.7. The van der Waals surface area contributed by atoms with Crippen LogP contribution >= 0.6 is 15.6 Å². The van der Waals surface area contributed by atoms with Gasteiger partial charge in [-0.05, 0) is 146 Å². The molecule has 630 valence electrons. The molecule has 25 nitrogen and oxygen atoms in total. The molecule has 9 atom stereocenters. The number of amidine groups is 1. The number of aliphatic imine (C=N–C) groups is 1. The molecule has 3 fully saturated rings. The van der Waals surface area contributed by atoms with Crippen LogP contribution in [0.3, 0.4) is 0 Å². The number of imidazole rings is 1. The first kappa shape index (κ1) is 97.7. The van der Waals surface area contributed by atoms with Crippen LogP contribution < -0.4 is 128 Å². The Kier molecular flexibility index (Phi) is 33.3. The zero-order valence-electron chi connectivity index (χ0n) is 62.6. The molecule has 47 heteroatoms. The largest absolute Gasteiger partial charge is 1.00 e. The number of nitrogens with one attached hydrogen (secondary N) is 4. The summed E-state index contributed by atoms with van der Waals surface area (Å²) in [7, 11) is -10.1. The summed E-state index contributed by atoms with van der Waals surface area (Å²) < 4.78 is 304. The predicted molar refractivity (Wildman–Crippen MR) is 366 cm³/mol. The second kappa shape index (κ2) is 40.3. The Labute approximate surface area is 744 Å². The predicted octanol–water partition coefficient (Wildman–Crippen LogP) is 7.84. The van der Waals surface area contributed by atoms with Gasteiger partial charge in [0, 0.05) is 26.2 Å². The third-order valence-electron chi connectivity index (χ3n) is 18.1. The number of morpholine rings is 3. The summed E-state index contributed by atoms with van der Waals surface area (Å²) in [6.45, 7) is 10.6. The maximum absolute atomic E-state index is 13.7. The molecule has 6 N–H and O–H groups in total. The van der Waals surface area contributed by atoms with Gasteiger partial charge in [0.15, 0.2) is 24.7 Å². The summed E-state index contributed by atoms with van der Waals surface area (Å²) in [6, 6.07) is 19.3. The van der Waals surface area contributed by atoms with Gasteiger partial charge in [0.05, 0.1) is 109 Å². The maximum Gasteiger partial charge on any atom is 1.00 e. The van der Waals surface area contributed by atoms with Crippen molar-refractivity contribution in [3.8, 4) is 6.01 Å². The van der Waals surface area contributed by atoms with Crippen LogP contribution in [0.5, 0.6) is 6.01 Å². The van der Waals surface area contributed by atoms with Gasteiger partial charge in [0.25, 0.3) is 6.01 Å².